The van der Waals surface area contributed by atoms with E-state index in [9.17, 15) is 4.39 Å². The van der Waals surface area contributed by atoms with Crippen LogP contribution in [-0.2, 0) is 0 Å². The van der Waals surface area contributed by atoms with Gasteiger partial charge < -0.3 is 0 Å². The van der Waals surface area contributed by atoms with Crippen molar-refractivity contribution < 1.29 is 4.39 Å². The largest absolute Gasteiger partial charge is 0.230 e. The maximum atomic E-state index is 12.6. The van der Waals surface area contributed by atoms with Crippen molar-refractivity contribution in [2.24, 2.45) is 0 Å². The summed E-state index contributed by atoms with van der Waals surface area (Å²) in [6, 6.07) is 6.22. The monoisotopic (exact) mass is 252 g/mol. The molecule has 0 radical (unpaired) electrons. The Labute approximate surface area is 89.0 Å². The zero-order valence-electron chi connectivity index (χ0n) is 7.11. The fraction of sp³-hybridized carbons (Fsp3) is 0. The van der Waals surface area contributed by atoms with Crippen molar-refractivity contribution in [3.63, 3.8) is 0 Å². The lowest BCUT2D eigenvalue weighted by Gasteiger charge is -1.99. The Hall–Kier alpha value is -1.29. The molecule has 0 aliphatic heterocycles. The molecule has 0 aliphatic carbocycles. The number of hydrogen-bond acceptors (Lipinski definition) is 2. The summed E-state index contributed by atoms with van der Waals surface area (Å²) in [6.07, 6.45) is 3.37. The van der Waals surface area contributed by atoms with E-state index in [1.54, 1.807) is 24.5 Å². The molecular weight excluding hydrogens is 247 g/mol. The molecule has 0 aliphatic rings. The van der Waals surface area contributed by atoms with Crippen LogP contribution in [0.15, 0.2) is 41.4 Å². The molecule has 0 bridgehead atoms. The average molecular weight is 253 g/mol. The minimum absolute atomic E-state index is 0.244. The molecule has 1 aromatic carbocycles. The second kappa shape index (κ2) is 3.84. The quantitative estimate of drug-likeness (QED) is 0.730. The summed E-state index contributed by atoms with van der Waals surface area (Å²) >= 11 is 3.15. The van der Waals surface area contributed by atoms with Crippen LogP contribution in [-0.4, -0.2) is 9.97 Å². The Morgan fingerprint density at radius 3 is 2.07 bits per heavy atom. The number of benzene rings is 1. The van der Waals surface area contributed by atoms with Crippen LogP contribution in [0.5, 0.6) is 0 Å². The first-order valence-electron chi connectivity index (χ1n) is 3.99. The molecular formula is C10H6BrFN2. The van der Waals surface area contributed by atoms with E-state index >= 15 is 0 Å². The molecule has 0 saturated heterocycles. The molecule has 0 saturated carbocycles. The third-order valence-electron chi connectivity index (χ3n) is 1.80. The van der Waals surface area contributed by atoms with E-state index in [2.05, 4.69) is 25.9 Å². The smallest absolute Gasteiger partial charge is 0.196 e. The van der Waals surface area contributed by atoms with Crippen LogP contribution in [0.1, 0.15) is 0 Å². The van der Waals surface area contributed by atoms with E-state index in [1.165, 1.54) is 12.1 Å². The van der Waals surface area contributed by atoms with E-state index < -0.39 is 0 Å². The Balaban J connectivity index is 2.40. The number of aromatic nitrogens is 2. The summed E-state index contributed by atoms with van der Waals surface area (Å²) in [7, 11) is 0. The van der Waals surface area contributed by atoms with Gasteiger partial charge in [0.15, 0.2) is 4.73 Å². The second-order valence-corrected chi connectivity index (χ2v) is 3.46. The first-order chi connectivity index (χ1) is 6.75. The van der Waals surface area contributed by atoms with Crippen LogP contribution in [0.3, 0.4) is 0 Å². The zero-order valence-corrected chi connectivity index (χ0v) is 8.70. The molecule has 0 atom stereocenters. The van der Waals surface area contributed by atoms with Crippen molar-refractivity contribution in [1.82, 2.24) is 9.97 Å². The maximum absolute atomic E-state index is 12.6. The number of rotatable bonds is 1. The van der Waals surface area contributed by atoms with Crippen molar-refractivity contribution >= 4 is 15.9 Å². The van der Waals surface area contributed by atoms with Gasteiger partial charge in [0.1, 0.15) is 5.82 Å². The summed E-state index contributed by atoms with van der Waals surface area (Å²) in [6.45, 7) is 0. The predicted octanol–water partition coefficient (Wildman–Crippen LogP) is 3.05. The third kappa shape index (κ3) is 1.96. The van der Waals surface area contributed by atoms with E-state index in [0.29, 0.717) is 4.73 Å². The number of nitrogens with zero attached hydrogens (tertiary/aromatic N) is 2. The van der Waals surface area contributed by atoms with Gasteiger partial charge in [0.25, 0.3) is 0 Å². The standard InChI is InChI=1S/C10H6BrFN2/c11-10-13-5-8(6-14-10)7-1-3-9(12)4-2-7/h1-6H. The number of hydrogen-bond donors (Lipinski definition) is 0. The van der Waals surface area contributed by atoms with Gasteiger partial charge in [0.2, 0.25) is 0 Å². The van der Waals surface area contributed by atoms with Crippen LogP contribution in [0.25, 0.3) is 11.1 Å². The van der Waals surface area contributed by atoms with Gasteiger partial charge in [-0.25, -0.2) is 14.4 Å². The predicted molar refractivity (Wildman–Crippen MR) is 55.1 cm³/mol. The summed E-state index contributed by atoms with van der Waals surface area (Å²) in [5.74, 6) is -0.244. The van der Waals surface area contributed by atoms with Crippen LogP contribution >= 0.6 is 15.9 Å². The highest BCUT2D eigenvalue weighted by Crippen LogP contribution is 2.18. The van der Waals surface area contributed by atoms with Gasteiger partial charge in [0, 0.05) is 18.0 Å². The molecule has 1 aromatic heterocycles. The molecule has 2 aromatic rings. The molecule has 2 rings (SSSR count). The lowest BCUT2D eigenvalue weighted by atomic mass is 10.1. The van der Waals surface area contributed by atoms with Crippen molar-refractivity contribution in [3.05, 3.63) is 47.2 Å². The van der Waals surface area contributed by atoms with Crippen LogP contribution < -0.4 is 0 Å². The first kappa shape index (κ1) is 9.27. The highest BCUT2D eigenvalue weighted by Gasteiger charge is 1.98. The van der Waals surface area contributed by atoms with Crippen LogP contribution in [0, 0.1) is 5.82 Å². The first-order valence-corrected chi connectivity index (χ1v) is 4.78. The fourth-order valence-corrected chi connectivity index (χ4v) is 1.31. The summed E-state index contributed by atoms with van der Waals surface area (Å²) < 4.78 is 13.2. The Morgan fingerprint density at radius 2 is 1.50 bits per heavy atom. The highest BCUT2D eigenvalue weighted by atomic mass is 79.9. The molecule has 0 fully saturated rings. The van der Waals surface area contributed by atoms with Gasteiger partial charge in [0.05, 0.1) is 0 Å². The summed E-state index contributed by atoms with van der Waals surface area (Å²) in [4.78, 5) is 7.98. The van der Waals surface area contributed by atoms with Crippen LogP contribution in [0.2, 0.25) is 0 Å². The van der Waals surface area contributed by atoms with Crippen molar-refractivity contribution in [3.8, 4) is 11.1 Å². The summed E-state index contributed by atoms with van der Waals surface area (Å²) in [5.41, 5.74) is 1.77. The van der Waals surface area contributed by atoms with Crippen molar-refractivity contribution in [2.45, 2.75) is 0 Å². The van der Waals surface area contributed by atoms with E-state index in [-0.39, 0.29) is 5.82 Å². The lowest BCUT2D eigenvalue weighted by Crippen LogP contribution is -1.84. The van der Waals surface area contributed by atoms with Gasteiger partial charge in [-0.3, -0.25) is 0 Å². The number of halogens is 2. The fourth-order valence-electron chi connectivity index (χ4n) is 1.10. The van der Waals surface area contributed by atoms with E-state index in [1.807, 2.05) is 0 Å². The van der Waals surface area contributed by atoms with Gasteiger partial charge in [-0.1, -0.05) is 12.1 Å². The second-order valence-electron chi connectivity index (χ2n) is 2.75. The van der Waals surface area contributed by atoms with Gasteiger partial charge in [-0.2, -0.15) is 0 Å². The Kier molecular flexibility index (Phi) is 2.54. The molecule has 0 N–H and O–H groups in total. The molecule has 0 unspecified atom stereocenters. The zero-order chi connectivity index (χ0) is 9.97. The minimum Gasteiger partial charge on any atom is -0.230 e. The van der Waals surface area contributed by atoms with Crippen LogP contribution in [0.4, 0.5) is 4.39 Å². The van der Waals surface area contributed by atoms with Gasteiger partial charge in [-0.05, 0) is 33.6 Å². The normalized spacial score (nSPS) is 10.1. The topological polar surface area (TPSA) is 25.8 Å². The molecule has 70 valence electrons. The van der Waals surface area contributed by atoms with Crippen molar-refractivity contribution in [2.75, 3.05) is 0 Å². The molecule has 1 heterocycles. The SMILES string of the molecule is Fc1ccc(-c2cnc(Br)nc2)cc1. The van der Waals surface area contributed by atoms with Gasteiger partial charge >= 0.3 is 0 Å². The minimum atomic E-state index is -0.244. The molecule has 0 spiro atoms. The van der Waals surface area contributed by atoms with E-state index in [4.69, 9.17) is 0 Å². The average Bonchev–Trinajstić information content (AvgIpc) is 2.21. The maximum Gasteiger partial charge on any atom is 0.196 e. The Morgan fingerprint density at radius 1 is 0.929 bits per heavy atom. The molecule has 4 heteroatoms. The van der Waals surface area contributed by atoms with Gasteiger partial charge in [-0.15, -0.1) is 0 Å². The summed E-state index contributed by atoms with van der Waals surface area (Å²) in [5, 5.41) is 0. The molecule has 14 heavy (non-hydrogen) atoms. The lowest BCUT2D eigenvalue weighted by molar-refractivity contribution is 0.628. The van der Waals surface area contributed by atoms with E-state index in [0.717, 1.165) is 11.1 Å². The highest BCUT2D eigenvalue weighted by molar-refractivity contribution is 9.10. The molecule has 0 amide bonds. The molecule has 2 nitrogen and oxygen atoms in total. The van der Waals surface area contributed by atoms with Crippen molar-refractivity contribution in [1.29, 1.82) is 0 Å². The Bertz CT molecular complexity index is 381. The third-order valence-corrected chi connectivity index (χ3v) is 2.21.